The molecule has 0 atom stereocenters. The fourth-order valence-electron chi connectivity index (χ4n) is 1.66. The van der Waals surface area contributed by atoms with E-state index in [-0.39, 0.29) is 0 Å². The topological polar surface area (TPSA) is 38.0 Å². The molecule has 3 N–H and O–H groups in total. The summed E-state index contributed by atoms with van der Waals surface area (Å²) in [6.45, 7) is 5.35. The molecule has 0 bridgehead atoms. The molecule has 1 rings (SSSR count). The number of nitrogens with two attached hydrogens (primary N) is 1. The summed E-state index contributed by atoms with van der Waals surface area (Å²) >= 11 is 11.1. The molecular weight excluding hydrogens is 252 g/mol. The molecule has 4 heteroatoms. The summed E-state index contributed by atoms with van der Waals surface area (Å²) in [5, 5.41) is 3.94. The second-order valence-corrected chi connectivity index (χ2v) is 5.34. The van der Waals surface area contributed by atoms with Crippen LogP contribution in [0.4, 0.5) is 5.69 Å². The molecule has 0 aliphatic carbocycles. The number of hydrogen-bond acceptors (Lipinski definition) is 2. The van der Waals surface area contributed by atoms with Gasteiger partial charge in [-0.3, -0.25) is 0 Å². The molecule has 1 aromatic carbocycles. The van der Waals surface area contributed by atoms with Gasteiger partial charge in [-0.05, 0) is 30.9 Å². The molecule has 0 saturated carbocycles. The number of halogens is 1. The smallest absolute Gasteiger partial charge is 0.107 e. The van der Waals surface area contributed by atoms with E-state index in [0.29, 0.717) is 10.0 Å². The van der Waals surface area contributed by atoms with E-state index in [1.165, 1.54) is 6.42 Å². The van der Waals surface area contributed by atoms with Crippen LogP contribution in [-0.2, 0) is 0 Å². The third-order valence-electron chi connectivity index (χ3n) is 2.53. The second-order valence-electron chi connectivity index (χ2n) is 4.49. The highest BCUT2D eigenvalue weighted by molar-refractivity contribution is 7.80. The van der Waals surface area contributed by atoms with Gasteiger partial charge in [0.1, 0.15) is 4.99 Å². The molecule has 0 spiro atoms. The van der Waals surface area contributed by atoms with E-state index in [1.807, 2.05) is 12.1 Å². The fourth-order valence-corrected chi connectivity index (χ4v) is 2.21. The fraction of sp³-hybridized carbons (Fsp3) is 0.462. The molecule has 0 saturated heterocycles. The van der Waals surface area contributed by atoms with Crippen LogP contribution in [0.25, 0.3) is 0 Å². The van der Waals surface area contributed by atoms with Gasteiger partial charge in [-0.15, -0.1) is 0 Å². The first-order valence-electron chi connectivity index (χ1n) is 5.84. The maximum Gasteiger partial charge on any atom is 0.107 e. The quantitative estimate of drug-likeness (QED) is 0.610. The van der Waals surface area contributed by atoms with E-state index < -0.39 is 0 Å². The van der Waals surface area contributed by atoms with Crippen molar-refractivity contribution >= 4 is 34.5 Å². The Kier molecular flexibility index (Phi) is 5.72. The van der Waals surface area contributed by atoms with Crippen molar-refractivity contribution in [1.82, 2.24) is 0 Å². The molecule has 0 aliphatic heterocycles. The zero-order chi connectivity index (χ0) is 12.8. The second kappa shape index (κ2) is 6.82. The van der Waals surface area contributed by atoms with E-state index in [0.717, 1.165) is 30.1 Å². The molecule has 0 fully saturated rings. The Labute approximate surface area is 114 Å². The zero-order valence-corrected chi connectivity index (χ0v) is 11.9. The summed E-state index contributed by atoms with van der Waals surface area (Å²) in [6, 6.07) is 5.65. The molecule has 1 aromatic rings. The summed E-state index contributed by atoms with van der Waals surface area (Å²) < 4.78 is 0. The van der Waals surface area contributed by atoms with Crippen LogP contribution < -0.4 is 11.1 Å². The van der Waals surface area contributed by atoms with Gasteiger partial charge in [0.05, 0.1) is 10.6 Å². The minimum atomic E-state index is 0.335. The van der Waals surface area contributed by atoms with Gasteiger partial charge in [0.15, 0.2) is 0 Å². The van der Waals surface area contributed by atoms with Crippen LogP contribution in [0, 0.1) is 5.92 Å². The predicted octanol–water partition coefficient (Wildman–Crippen LogP) is 3.82. The van der Waals surface area contributed by atoms with Crippen molar-refractivity contribution in [2.24, 2.45) is 11.7 Å². The summed E-state index contributed by atoms with van der Waals surface area (Å²) in [7, 11) is 0. The van der Waals surface area contributed by atoms with E-state index >= 15 is 0 Å². The monoisotopic (exact) mass is 270 g/mol. The van der Waals surface area contributed by atoms with Crippen LogP contribution in [0.15, 0.2) is 18.2 Å². The predicted molar refractivity (Wildman–Crippen MR) is 79.9 cm³/mol. The number of hydrogen-bond donors (Lipinski definition) is 2. The third kappa shape index (κ3) is 4.52. The summed E-state index contributed by atoms with van der Waals surface area (Å²) in [5.41, 5.74) is 7.34. The van der Waals surface area contributed by atoms with Gasteiger partial charge in [0.25, 0.3) is 0 Å². The highest BCUT2D eigenvalue weighted by Gasteiger charge is 2.08. The van der Waals surface area contributed by atoms with Crippen molar-refractivity contribution in [3.05, 3.63) is 28.8 Å². The summed E-state index contributed by atoms with van der Waals surface area (Å²) in [6.07, 6.45) is 2.33. The number of benzene rings is 1. The Bertz CT molecular complexity index is 391. The summed E-state index contributed by atoms with van der Waals surface area (Å²) in [4.78, 5) is 0.335. The van der Waals surface area contributed by atoms with Crippen molar-refractivity contribution in [2.75, 3.05) is 11.9 Å². The molecule has 2 nitrogen and oxygen atoms in total. The van der Waals surface area contributed by atoms with Crippen LogP contribution in [0.1, 0.15) is 32.3 Å². The lowest BCUT2D eigenvalue weighted by Gasteiger charge is -2.13. The maximum absolute atomic E-state index is 6.08. The van der Waals surface area contributed by atoms with Crippen LogP contribution in [0.3, 0.4) is 0 Å². The molecule has 0 aromatic heterocycles. The molecule has 17 heavy (non-hydrogen) atoms. The lowest BCUT2D eigenvalue weighted by Crippen LogP contribution is -2.14. The Hall–Kier alpha value is -0.800. The minimum Gasteiger partial charge on any atom is -0.389 e. The number of nitrogens with one attached hydrogen (secondary N) is 1. The SMILES string of the molecule is CC(C)CCCNc1cccc(Cl)c1C(N)=S. The number of rotatable bonds is 6. The third-order valence-corrected chi connectivity index (χ3v) is 3.05. The highest BCUT2D eigenvalue weighted by atomic mass is 35.5. The average Bonchev–Trinajstić information content (AvgIpc) is 2.23. The van der Waals surface area contributed by atoms with Crippen molar-refractivity contribution in [3.8, 4) is 0 Å². The van der Waals surface area contributed by atoms with E-state index in [1.54, 1.807) is 6.07 Å². The standard InChI is InChI=1S/C13H19ClN2S/c1-9(2)5-4-8-16-11-7-3-6-10(14)12(11)13(15)17/h3,6-7,9,16H,4-5,8H2,1-2H3,(H2,15,17). The molecule has 0 aliphatic rings. The minimum absolute atomic E-state index is 0.335. The van der Waals surface area contributed by atoms with Gasteiger partial charge in [-0.25, -0.2) is 0 Å². The normalized spacial score (nSPS) is 10.6. The molecular formula is C13H19ClN2S. The van der Waals surface area contributed by atoms with E-state index in [4.69, 9.17) is 29.6 Å². The number of anilines is 1. The van der Waals surface area contributed by atoms with Crippen LogP contribution in [0.5, 0.6) is 0 Å². The zero-order valence-electron chi connectivity index (χ0n) is 10.3. The molecule has 0 radical (unpaired) electrons. The van der Waals surface area contributed by atoms with Crippen LogP contribution in [0.2, 0.25) is 5.02 Å². The van der Waals surface area contributed by atoms with Crippen LogP contribution >= 0.6 is 23.8 Å². The Balaban J connectivity index is 2.64. The van der Waals surface area contributed by atoms with Crippen molar-refractivity contribution in [1.29, 1.82) is 0 Å². The first-order valence-corrected chi connectivity index (χ1v) is 6.63. The van der Waals surface area contributed by atoms with Crippen molar-refractivity contribution in [3.63, 3.8) is 0 Å². The molecule has 94 valence electrons. The lowest BCUT2D eigenvalue weighted by atomic mass is 10.1. The first kappa shape index (κ1) is 14.3. The van der Waals surface area contributed by atoms with E-state index in [2.05, 4.69) is 19.2 Å². The average molecular weight is 271 g/mol. The maximum atomic E-state index is 6.08. The number of thiocarbonyl (C=S) groups is 1. The molecule has 0 unspecified atom stereocenters. The van der Waals surface area contributed by atoms with Gasteiger partial charge in [0, 0.05) is 12.2 Å². The van der Waals surface area contributed by atoms with Gasteiger partial charge < -0.3 is 11.1 Å². The lowest BCUT2D eigenvalue weighted by molar-refractivity contribution is 0.567. The van der Waals surface area contributed by atoms with Gasteiger partial charge in [0.2, 0.25) is 0 Å². The molecule has 0 amide bonds. The van der Waals surface area contributed by atoms with Gasteiger partial charge >= 0.3 is 0 Å². The van der Waals surface area contributed by atoms with Gasteiger partial charge in [-0.2, -0.15) is 0 Å². The van der Waals surface area contributed by atoms with Crippen LogP contribution in [-0.4, -0.2) is 11.5 Å². The highest BCUT2D eigenvalue weighted by Crippen LogP contribution is 2.24. The largest absolute Gasteiger partial charge is 0.389 e. The Morgan fingerprint density at radius 1 is 1.47 bits per heavy atom. The summed E-state index contributed by atoms with van der Waals surface area (Å²) in [5.74, 6) is 0.728. The Morgan fingerprint density at radius 2 is 2.18 bits per heavy atom. The van der Waals surface area contributed by atoms with E-state index in [9.17, 15) is 0 Å². The molecule has 0 heterocycles. The van der Waals surface area contributed by atoms with Gasteiger partial charge in [-0.1, -0.05) is 43.7 Å². The van der Waals surface area contributed by atoms with Crippen molar-refractivity contribution in [2.45, 2.75) is 26.7 Å². The van der Waals surface area contributed by atoms with Crippen molar-refractivity contribution < 1.29 is 0 Å². The Morgan fingerprint density at radius 3 is 2.76 bits per heavy atom. The first-order chi connectivity index (χ1) is 8.02.